The summed E-state index contributed by atoms with van der Waals surface area (Å²) < 4.78 is 1.76. The number of halogens is 1. The molecule has 2 rings (SSSR count). The number of hydrogen-bond donors (Lipinski definition) is 0. The molecule has 2 heterocycles. The molecule has 0 unspecified atom stereocenters. The van der Waals surface area contributed by atoms with Crippen molar-refractivity contribution in [1.29, 1.82) is 0 Å². The van der Waals surface area contributed by atoms with Crippen LogP contribution in [0.1, 0.15) is 11.3 Å². The van der Waals surface area contributed by atoms with Gasteiger partial charge < -0.3 is 0 Å². The summed E-state index contributed by atoms with van der Waals surface area (Å²) in [5.74, 6) is 0. The molecule has 0 atom stereocenters. The number of rotatable bonds is 2. The predicted molar refractivity (Wildman–Crippen MR) is 61.4 cm³/mol. The van der Waals surface area contributed by atoms with Gasteiger partial charge in [0.1, 0.15) is 5.15 Å². The summed E-state index contributed by atoms with van der Waals surface area (Å²) in [7, 11) is 1.89. The van der Waals surface area contributed by atoms with E-state index in [1.54, 1.807) is 16.9 Å². The first-order valence-electron chi connectivity index (χ1n) is 4.53. The van der Waals surface area contributed by atoms with Crippen molar-refractivity contribution in [3.63, 3.8) is 0 Å². The van der Waals surface area contributed by atoms with Crippen LogP contribution in [0, 0.1) is 0 Å². The molecule has 0 radical (unpaired) electrons. The molecule has 0 amide bonds. The SMILES string of the molecule is Cn1ccc(/C=C/c2ccc(Cl)nc2)n1. The molecule has 0 spiro atoms. The van der Waals surface area contributed by atoms with Crippen LogP contribution in [-0.4, -0.2) is 14.8 Å². The highest BCUT2D eigenvalue weighted by Crippen LogP contribution is 2.08. The van der Waals surface area contributed by atoms with Crippen molar-refractivity contribution in [2.45, 2.75) is 0 Å². The summed E-state index contributed by atoms with van der Waals surface area (Å²) in [6.45, 7) is 0. The molecule has 0 bridgehead atoms. The van der Waals surface area contributed by atoms with Gasteiger partial charge in [-0.15, -0.1) is 0 Å². The molecule has 0 fully saturated rings. The summed E-state index contributed by atoms with van der Waals surface area (Å²) in [4.78, 5) is 3.99. The van der Waals surface area contributed by atoms with E-state index in [4.69, 9.17) is 11.6 Å². The van der Waals surface area contributed by atoms with Crippen LogP contribution in [0.4, 0.5) is 0 Å². The van der Waals surface area contributed by atoms with Crippen LogP contribution in [-0.2, 0) is 7.05 Å². The van der Waals surface area contributed by atoms with E-state index < -0.39 is 0 Å². The van der Waals surface area contributed by atoms with Crippen molar-refractivity contribution >= 4 is 23.8 Å². The average Bonchev–Trinajstić information content (AvgIpc) is 2.64. The van der Waals surface area contributed by atoms with Crippen LogP contribution >= 0.6 is 11.6 Å². The second-order valence-corrected chi connectivity index (χ2v) is 3.55. The Morgan fingerprint density at radius 2 is 2.13 bits per heavy atom. The number of aryl methyl sites for hydroxylation is 1. The Kier molecular flexibility index (Phi) is 2.83. The molecular formula is C11H10ClN3. The Balaban J connectivity index is 2.14. The maximum Gasteiger partial charge on any atom is 0.129 e. The lowest BCUT2D eigenvalue weighted by Crippen LogP contribution is -1.86. The monoisotopic (exact) mass is 219 g/mol. The first-order valence-corrected chi connectivity index (χ1v) is 4.91. The molecule has 4 heteroatoms. The van der Waals surface area contributed by atoms with Gasteiger partial charge in [0.15, 0.2) is 0 Å². The lowest BCUT2D eigenvalue weighted by Gasteiger charge is -1.91. The molecular weight excluding hydrogens is 210 g/mol. The maximum atomic E-state index is 5.68. The normalized spacial score (nSPS) is 11.1. The fourth-order valence-corrected chi connectivity index (χ4v) is 1.30. The molecule has 0 saturated heterocycles. The summed E-state index contributed by atoms with van der Waals surface area (Å²) >= 11 is 5.68. The summed E-state index contributed by atoms with van der Waals surface area (Å²) in [5, 5.41) is 4.73. The van der Waals surface area contributed by atoms with Crippen molar-refractivity contribution in [1.82, 2.24) is 14.8 Å². The molecule has 0 aromatic carbocycles. The van der Waals surface area contributed by atoms with Crippen LogP contribution in [0.15, 0.2) is 30.6 Å². The van der Waals surface area contributed by atoms with Gasteiger partial charge in [0.05, 0.1) is 5.69 Å². The first-order chi connectivity index (χ1) is 7.24. The van der Waals surface area contributed by atoms with Crippen LogP contribution in [0.5, 0.6) is 0 Å². The third-order valence-corrected chi connectivity index (χ3v) is 2.15. The van der Waals surface area contributed by atoms with Gasteiger partial charge >= 0.3 is 0 Å². The molecule has 0 aliphatic rings. The van der Waals surface area contributed by atoms with E-state index in [1.807, 2.05) is 37.5 Å². The van der Waals surface area contributed by atoms with Crippen molar-refractivity contribution < 1.29 is 0 Å². The third kappa shape index (κ3) is 2.67. The molecule has 15 heavy (non-hydrogen) atoms. The van der Waals surface area contributed by atoms with E-state index in [2.05, 4.69) is 10.1 Å². The topological polar surface area (TPSA) is 30.7 Å². The lowest BCUT2D eigenvalue weighted by molar-refractivity contribution is 0.765. The summed E-state index contributed by atoms with van der Waals surface area (Å²) in [6, 6.07) is 5.62. The molecule has 0 aliphatic carbocycles. The molecule has 0 saturated carbocycles. The second-order valence-electron chi connectivity index (χ2n) is 3.16. The number of hydrogen-bond acceptors (Lipinski definition) is 2. The van der Waals surface area contributed by atoms with Gasteiger partial charge in [-0.05, 0) is 23.8 Å². The van der Waals surface area contributed by atoms with Gasteiger partial charge in [0.25, 0.3) is 0 Å². The average molecular weight is 220 g/mol. The second kappa shape index (κ2) is 4.28. The first kappa shape index (κ1) is 9.93. The van der Waals surface area contributed by atoms with Gasteiger partial charge in [0, 0.05) is 19.4 Å². The summed E-state index contributed by atoms with van der Waals surface area (Å²) in [5.41, 5.74) is 1.93. The van der Waals surface area contributed by atoms with Gasteiger partial charge in [-0.3, -0.25) is 4.68 Å². The molecule has 76 valence electrons. The van der Waals surface area contributed by atoms with Gasteiger partial charge in [-0.25, -0.2) is 4.98 Å². The Hall–Kier alpha value is -1.61. The van der Waals surface area contributed by atoms with E-state index in [9.17, 15) is 0 Å². The third-order valence-electron chi connectivity index (χ3n) is 1.93. The van der Waals surface area contributed by atoms with Crippen LogP contribution in [0.3, 0.4) is 0 Å². The highest BCUT2D eigenvalue weighted by atomic mass is 35.5. The van der Waals surface area contributed by atoms with Crippen molar-refractivity contribution in [2.24, 2.45) is 7.05 Å². The van der Waals surface area contributed by atoms with Crippen molar-refractivity contribution in [2.75, 3.05) is 0 Å². The Bertz CT molecular complexity index is 471. The summed E-state index contributed by atoms with van der Waals surface area (Å²) in [6.07, 6.45) is 7.51. The number of aromatic nitrogens is 3. The van der Waals surface area contributed by atoms with Gasteiger partial charge in [-0.2, -0.15) is 5.10 Å². The number of nitrogens with zero attached hydrogens (tertiary/aromatic N) is 3. The van der Waals surface area contributed by atoms with E-state index in [0.29, 0.717) is 5.15 Å². The van der Waals surface area contributed by atoms with Crippen LogP contribution < -0.4 is 0 Å². The number of pyridine rings is 1. The fourth-order valence-electron chi connectivity index (χ4n) is 1.19. The largest absolute Gasteiger partial charge is 0.275 e. The van der Waals surface area contributed by atoms with Crippen molar-refractivity contribution in [3.05, 3.63) is 47.0 Å². The highest BCUT2D eigenvalue weighted by molar-refractivity contribution is 6.29. The van der Waals surface area contributed by atoms with Crippen molar-refractivity contribution in [3.8, 4) is 0 Å². The Morgan fingerprint density at radius 3 is 2.73 bits per heavy atom. The van der Waals surface area contributed by atoms with E-state index in [-0.39, 0.29) is 0 Å². The Labute approximate surface area is 93.0 Å². The highest BCUT2D eigenvalue weighted by Gasteiger charge is 1.92. The smallest absolute Gasteiger partial charge is 0.129 e. The zero-order valence-electron chi connectivity index (χ0n) is 8.26. The predicted octanol–water partition coefficient (Wildman–Crippen LogP) is 2.64. The Morgan fingerprint density at radius 1 is 1.27 bits per heavy atom. The van der Waals surface area contributed by atoms with E-state index >= 15 is 0 Å². The molecule has 3 nitrogen and oxygen atoms in total. The van der Waals surface area contributed by atoms with Crippen LogP contribution in [0.2, 0.25) is 5.15 Å². The molecule has 2 aromatic rings. The van der Waals surface area contributed by atoms with Gasteiger partial charge in [-0.1, -0.05) is 23.7 Å². The van der Waals surface area contributed by atoms with Crippen LogP contribution in [0.25, 0.3) is 12.2 Å². The lowest BCUT2D eigenvalue weighted by atomic mass is 10.2. The maximum absolute atomic E-state index is 5.68. The molecule has 0 N–H and O–H groups in total. The fraction of sp³-hybridized carbons (Fsp3) is 0.0909. The molecule has 2 aromatic heterocycles. The minimum absolute atomic E-state index is 0.505. The van der Waals surface area contributed by atoms with Gasteiger partial charge in [0.2, 0.25) is 0 Å². The van der Waals surface area contributed by atoms with E-state index in [0.717, 1.165) is 11.3 Å². The zero-order valence-corrected chi connectivity index (χ0v) is 9.02. The zero-order chi connectivity index (χ0) is 10.7. The standard InChI is InChI=1S/C11H10ClN3/c1-15-7-6-10(14-15)4-2-9-3-5-11(12)13-8-9/h2-8H,1H3/b4-2+. The minimum atomic E-state index is 0.505. The molecule has 0 aliphatic heterocycles. The van der Waals surface area contributed by atoms with E-state index in [1.165, 1.54) is 0 Å². The minimum Gasteiger partial charge on any atom is -0.275 e. The quantitative estimate of drug-likeness (QED) is 0.727.